The minimum atomic E-state index is 0.171. The zero-order chi connectivity index (χ0) is 21.9. The number of aromatic nitrogens is 4. The van der Waals surface area contributed by atoms with Crippen LogP contribution in [-0.4, -0.2) is 46.1 Å². The number of benzene rings is 2. The van der Waals surface area contributed by atoms with E-state index in [-0.39, 0.29) is 6.10 Å². The van der Waals surface area contributed by atoms with E-state index in [0.717, 1.165) is 30.6 Å². The average Bonchev–Trinajstić information content (AvgIpc) is 3.46. The molecule has 2 aromatic heterocycles. The fraction of sp³-hybridized carbons (Fsp3) is 0.292. The second-order valence-electron chi connectivity index (χ2n) is 7.84. The minimum absolute atomic E-state index is 0.171. The molecule has 0 bridgehead atoms. The van der Waals surface area contributed by atoms with Gasteiger partial charge in [0.25, 0.3) is 0 Å². The number of nitrogens with zero attached hydrogens (tertiary/aromatic N) is 4. The molecular weight excluding hydrogens is 404 g/mol. The third kappa shape index (κ3) is 3.97. The quantitative estimate of drug-likeness (QED) is 0.461. The molecule has 1 aliphatic rings. The van der Waals surface area contributed by atoms with Crippen molar-refractivity contribution >= 4 is 22.8 Å². The summed E-state index contributed by atoms with van der Waals surface area (Å²) < 4.78 is 13.1. The van der Waals surface area contributed by atoms with Crippen LogP contribution >= 0.6 is 0 Å². The Morgan fingerprint density at radius 2 is 1.94 bits per heavy atom. The highest BCUT2D eigenvalue weighted by molar-refractivity contribution is 6.00. The van der Waals surface area contributed by atoms with Crippen LogP contribution in [0.2, 0.25) is 0 Å². The highest BCUT2D eigenvalue weighted by Crippen LogP contribution is 2.36. The Bertz CT molecular complexity index is 1220. The van der Waals surface area contributed by atoms with E-state index in [1.54, 1.807) is 11.8 Å². The van der Waals surface area contributed by atoms with Crippen molar-refractivity contribution in [2.45, 2.75) is 25.5 Å². The summed E-state index contributed by atoms with van der Waals surface area (Å²) in [4.78, 5) is 9.50. The highest BCUT2D eigenvalue weighted by atomic mass is 16.5. The largest absolute Gasteiger partial charge is 0.496 e. The second kappa shape index (κ2) is 8.84. The number of nitrogen functional groups attached to an aromatic ring is 1. The Hall–Kier alpha value is -3.65. The van der Waals surface area contributed by atoms with Crippen molar-refractivity contribution in [3.8, 4) is 17.0 Å². The number of para-hydroxylation sites is 1. The van der Waals surface area contributed by atoms with Crippen molar-refractivity contribution in [3.63, 3.8) is 0 Å². The van der Waals surface area contributed by atoms with Crippen LogP contribution in [0.5, 0.6) is 5.75 Å². The Morgan fingerprint density at radius 3 is 2.72 bits per heavy atom. The summed E-state index contributed by atoms with van der Waals surface area (Å²) in [5.74, 6) is 1.74. The lowest BCUT2D eigenvalue weighted by molar-refractivity contribution is 0.120. The molecule has 8 heteroatoms. The maximum Gasteiger partial charge on any atom is 0.225 e. The van der Waals surface area contributed by atoms with Crippen LogP contribution in [0.25, 0.3) is 22.3 Å². The molecule has 5 rings (SSSR count). The second-order valence-corrected chi connectivity index (χ2v) is 7.84. The van der Waals surface area contributed by atoms with Crippen molar-refractivity contribution in [1.82, 2.24) is 19.7 Å². The topological polar surface area (TPSA) is 100 Å². The third-order valence-electron chi connectivity index (χ3n) is 5.69. The number of hydrogen-bond acceptors (Lipinski definition) is 7. The van der Waals surface area contributed by atoms with E-state index in [0.29, 0.717) is 47.3 Å². The van der Waals surface area contributed by atoms with E-state index >= 15 is 0 Å². The first kappa shape index (κ1) is 20.3. The molecule has 4 aromatic rings. The number of nitrogens with two attached hydrogens (primary N) is 1. The van der Waals surface area contributed by atoms with E-state index in [2.05, 4.69) is 10.3 Å². The predicted octanol–water partition coefficient (Wildman–Crippen LogP) is 3.72. The van der Waals surface area contributed by atoms with Gasteiger partial charge in [0.1, 0.15) is 11.6 Å². The van der Waals surface area contributed by atoms with Gasteiger partial charge in [-0.15, -0.1) is 5.10 Å². The van der Waals surface area contributed by atoms with Gasteiger partial charge >= 0.3 is 0 Å². The van der Waals surface area contributed by atoms with Gasteiger partial charge in [0.05, 0.1) is 30.8 Å². The zero-order valence-electron chi connectivity index (χ0n) is 18.0. The molecule has 3 N–H and O–H groups in total. The van der Waals surface area contributed by atoms with Crippen molar-refractivity contribution in [3.05, 3.63) is 60.2 Å². The van der Waals surface area contributed by atoms with Gasteiger partial charge in [-0.1, -0.05) is 42.5 Å². The van der Waals surface area contributed by atoms with Crippen LogP contribution in [-0.2, 0) is 11.3 Å². The van der Waals surface area contributed by atoms with Crippen molar-refractivity contribution in [2.24, 2.45) is 0 Å². The fourth-order valence-electron chi connectivity index (χ4n) is 4.06. The minimum Gasteiger partial charge on any atom is -0.496 e. The SMILES string of the molecule is COc1ccccc1-c1nc(NCC2CCCO2)nc2nn(Cc3ccccc3)c(N)c12. The summed E-state index contributed by atoms with van der Waals surface area (Å²) in [6.45, 7) is 2.00. The summed E-state index contributed by atoms with van der Waals surface area (Å²) >= 11 is 0. The van der Waals surface area contributed by atoms with Crippen molar-refractivity contribution < 1.29 is 9.47 Å². The van der Waals surface area contributed by atoms with E-state index in [1.165, 1.54) is 0 Å². The van der Waals surface area contributed by atoms with Gasteiger partial charge in [0, 0.05) is 18.7 Å². The number of hydrogen-bond donors (Lipinski definition) is 2. The first-order valence-corrected chi connectivity index (χ1v) is 10.8. The average molecular weight is 431 g/mol. The Morgan fingerprint density at radius 1 is 1.12 bits per heavy atom. The lowest BCUT2D eigenvalue weighted by Crippen LogP contribution is -2.19. The smallest absolute Gasteiger partial charge is 0.225 e. The van der Waals surface area contributed by atoms with E-state index < -0.39 is 0 Å². The highest BCUT2D eigenvalue weighted by Gasteiger charge is 2.21. The normalized spacial score (nSPS) is 15.8. The van der Waals surface area contributed by atoms with Crippen LogP contribution in [0.3, 0.4) is 0 Å². The summed E-state index contributed by atoms with van der Waals surface area (Å²) in [5, 5.41) is 8.76. The molecule has 1 saturated heterocycles. The molecule has 0 aliphatic carbocycles. The molecule has 2 aromatic carbocycles. The van der Waals surface area contributed by atoms with E-state index in [9.17, 15) is 0 Å². The van der Waals surface area contributed by atoms with E-state index in [1.807, 2.05) is 54.6 Å². The number of methoxy groups -OCH3 is 1. The molecule has 1 unspecified atom stereocenters. The van der Waals surface area contributed by atoms with Gasteiger partial charge in [-0.2, -0.15) is 4.98 Å². The van der Waals surface area contributed by atoms with Crippen molar-refractivity contribution in [1.29, 1.82) is 0 Å². The third-order valence-corrected chi connectivity index (χ3v) is 5.69. The molecule has 1 aliphatic heterocycles. The molecule has 3 heterocycles. The monoisotopic (exact) mass is 430 g/mol. The first-order chi connectivity index (χ1) is 15.7. The summed E-state index contributed by atoms with van der Waals surface area (Å²) in [6.07, 6.45) is 2.29. The maximum absolute atomic E-state index is 6.58. The number of ether oxygens (including phenoxy) is 2. The first-order valence-electron chi connectivity index (χ1n) is 10.8. The maximum atomic E-state index is 6.58. The Labute approximate surface area is 186 Å². The molecule has 0 radical (unpaired) electrons. The number of rotatable bonds is 7. The van der Waals surface area contributed by atoms with Crippen LogP contribution in [0, 0.1) is 0 Å². The van der Waals surface area contributed by atoms with Gasteiger partial charge < -0.3 is 20.5 Å². The van der Waals surface area contributed by atoms with Crippen molar-refractivity contribution in [2.75, 3.05) is 31.3 Å². The summed E-state index contributed by atoms with van der Waals surface area (Å²) in [5.41, 5.74) is 9.77. The summed E-state index contributed by atoms with van der Waals surface area (Å²) in [7, 11) is 1.65. The van der Waals surface area contributed by atoms with Crippen LogP contribution < -0.4 is 15.8 Å². The molecular formula is C24H26N6O2. The molecule has 0 amide bonds. The lowest BCUT2D eigenvalue weighted by Gasteiger charge is -2.13. The zero-order valence-corrected chi connectivity index (χ0v) is 18.0. The molecule has 1 fully saturated rings. The van der Waals surface area contributed by atoms with E-state index in [4.69, 9.17) is 25.3 Å². The van der Waals surface area contributed by atoms with Crippen LogP contribution in [0.1, 0.15) is 18.4 Å². The van der Waals surface area contributed by atoms with Gasteiger partial charge in [-0.3, -0.25) is 0 Å². The molecule has 0 spiro atoms. The lowest BCUT2D eigenvalue weighted by atomic mass is 10.1. The van der Waals surface area contributed by atoms with Gasteiger partial charge in [0.15, 0.2) is 5.65 Å². The summed E-state index contributed by atoms with van der Waals surface area (Å²) in [6, 6.07) is 17.9. The molecule has 8 nitrogen and oxygen atoms in total. The Kier molecular flexibility index (Phi) is 5.60. The number of nitrogens with one attached hydrogen (secondary N) is 1. The van der Waals surface area contributed by atoms with Gasteiger partial charge in [0.2, 0.25) is 5.95 Å². The molecule has 1 atom stereocenters. The van der Waals surface area contributed by atoms with Crippen LogP contribution in [0.15, 0.2) is 54.6 Å². The molecule has 164 valence electrons. The fourth-order valence-corrected chi connectivity index (χ4v) is 4.06. The van der Waals surface area contributed by atoms with Crippen LogP contribution in [0.4, 0.5) is 11.8 Å². The number of anilines is 2. The standard InChI is InChI=1S/C24H26N6O2/c1-31-19-12-6-5-11-18(19)21-20-22(25)30(15-16-8-3-2-4-9-16)29-23(20)28-24(27-21)26-14-17-10-7-13-32-17/h2-6,8-9,11-12,17H,7,10,13-15,25H2,1H3,(H,26,28,29). The molecule has 0 saturated carbocycles. The predicted molar refractivity (Wildman–Crippen MR) is 125 cm³/mol. The van der Waals surface area contributed by atoms with Gasteiger partial charge in [-0.25, -0.2) is 9.67 Å². The number of fused-ring (bicyclic) bond motifs is 1. The Balaban J connectivity index is 1.60. The molecule has 32 heavy (non-hydrogen) atoms. The van der Waals surface area contributed by atoms with Gasteiger partial charge in [-0.05, 0) is 30.5 Å².